The monoisotopic (exact) mass is 349 g/mol. The lowest BCUT2D eigenvalue weighted by atomic mass is 10.0. The van der Waals surface area contributed by atoms with Crippen LogP contribution < -0.4 is 9.47 Å². The average Bonchev–Trinajstić information content (AvgIpc) is 2.96. The van der Waals surface area contributed by atoms with Gasteiger partial charge in [0.2, 0.25) is 5.52 Å². The van der Waals surface area contributed by atoms with Gasteiger partial charge in [0.15, 0.2) is 0 Å². The van der Waals surface area contributed by atoms with Crippen LogP contribution in [0.3, 0.4) is 0 Å². The van der Waals surface area contributed by atoms with Crippen molar-refractivity contribution in [2.45, 2.75) is 40.2 Å². The van der Waals surface area contributed by atoms with Gasteiger partial charge >= 0.3 is 0 Å². The fourth-order valence-corrected chi connectivity index (χ4v) is 4.88. The van der Waals surface area contributed by atoms with Gasteiger partial charge in [0.25, 0.3) is 5.01 Å². The van der Waals surface area contributed by atoms with Gasteiger partial charge in [-0.1, -0.05) is 29.5 Å². The van der Waals surface area contributed by atoms with Crippen molar-refractivity contribution < 1.29 is 4.57 Å². The van der Waals surface area contributed by atoms with Gasteiger partial charge in [0.1, 0.15) is 11.2 Å². The van der Waals surface area contributed by atoms with Crippen molar-refractivity contribution in [3.05, 3.63) is 64.3 Å². The third-order valence-electron chi connectivity index (χ3n) is 5.21. The molecule has 0 amide bonds. The first-order valence-corrected chi connectivity index (χ1v) is 9.95. The zero-order valence-electron chi connectivity index (χ0n) is 15.2. The SMILES string of the molecule is CC[n+]1c(/C=C/N2CCCc3ccccc32)sc2cc(C)c(C)cc21. The molecule has 0 aliphatic carbocycles. The van der Waals surface area contributed by atoms with E-state index in [9.17, 15) is 0 Å². The van der Waals surface area contributed by atoms with E-state index in [1.165, 1.54) is 50.4 Å². The lowest BCUT2D eigenvalue weighted by Gasteiger charge is -2.27. The highest BCUT2D eigenvalue weighted by Gasteiger charge is 2.19. The zero-order chi connectivity index (χ0) is 17.4. The first kappa shape index (κ1) is 16.3. The van der Waals surface area contributed by atoms with Crippen LogP contribution in [-0.4, -0.2) is 6.54 Å². The summed E-state index contributed by atoms with van der Waals surface area (Å²) in [6.07, 6.45) is 6.98. The Balaban J connectivity index is 1.73. The Morgan fingerprint density at radius 2 is 1.96 bits per heavy atom. The highest BCUT2D eigenvalue weighted by atomic mass is 32.1. The standard InChI is InChI=1S/C22H25N2S/c1-4-24-20-14-16(2)17(3)15-21(20)25-22(24)11-13-23-12-7-9-18-8-5-6-10-19(18)23/h5-6,8,10-11,13-15H,4,7,9,12H2,1-3H3/q+1. The van der Waals surface area contributed by atoms with Crippen molar-refractivity contribution in [2.75, 3.05) is 11.4 Å². The molecule has 0 saturated heterocycles. The maximum absolute atomic E-state index is 2.43. The lowest BCUT2D eigenvalue weighted by molar-refractivity contribution is -0.665. The summed E-state index contributed by atoms with van der Waals surface area (Å²) in [5, 5.41) is 1.32. The number of rotatable bonds is 3. The largest absolute Gasteiger partial charge is 0.347 e. The van der Waals surface area contributed by atoms with E-state index in [4.69, 9.17) is 0 Å². The van der Waals surface area contributed by atoms with Crippen molar-refractivity contribution >= 4 is 33.3 Å². The van der Waals surface area contributed by atoms with E-state index >= 15 is 0 Å². The number of nitrogens with zero attached hydrogens (tertiary/aromatic N) is 2. The molecule has 0 bridgehead atoms. The molecule has 0 atom stereocenters. The average molecular weight is 350 g/mol. The predicted octanol–water partition coefficient (Wildman–Crippen LogP) is 5.25. The number of hydrogen-bond acceptors (Lipinski definition) is 2. The van der Waals surface area contributed by atoms with Gasteiger partial charge in [0.05, 0.1) is 0 Å². The van der Waals surface area contributed by atoms with Crippen molar-refractivity contribution in [3.8, 4) is 0 Å². The van der Waals surface area contributed by atoms with Gasteiger partial charge in [-0.2, -0.15) is 4.57 Å². The summed E-state index contributed by atoms with van der Waals surface area (Å²) in [7, 11) is 0. The predicted molar refractivity (Wildman–Crippen MR) is 108 cm³/mol. The van der Waals surface area contributed by atoms with Crippen molar-refractivity contribution in [1.29, 1.82) is 0 Å². The molecular formula is C22H25N2S+. The molecule has 2 nitrogen and oxygen atoms in total. The zero-order valence-corrected chi connectivity index (χ0v) is 16.1. The van der Waals surface area contributed by atoms with Crippen LogP contribution in [0.15, 0.2) is 42.6 Å². The number of anilines is 1. The van der Waals surface area contributed by atoms with E-state index < -0.39 is 0 Å². The molecule has 0 saturated carbocycles. The van der Waals surface area contributed by atoms with Crippen LogP contribution in [-0.2, 0) is 13.0 Å². The van der Waals surface area contributed by atoms with Crippen LogP contribution in [0.2, 0.25) is 0 Å². The molecule has 128 valence electrons. The Morgan fingerprint density at radius 3 is 2.80 bits per heavy atom. The van der Waals surface area contributed by atoms with Crippen molar-refractivity contribution in [3.63, 3.8) is 0 Å². The molecular weight excluding hydrogens is 324 g/mol. The minimum Gasteiger partial charge on any atom is -0.347 e. The molecule has 0 spiro atoms. The summed E-state index contributed by atoms with van der Waals surface area (Å²) < 4.78 is 3.81. The van der Waals surface area contributed by atoms with Crippen LogP contribution in [0.5, 0.6) is 0 Å². The number of para-hydroxylation sites is 1. The van der Waals surface area contributed by atoms with Gasteiger partial charge in [0, 0.05) is 30.6 Å². The fraction of sp³-hybridized carbons (Fsp3) is 0.318. The first-order valence-electron chi connectivity index (χ1n) is 9.13. The lowest BCUT2D eigenvalue weighted by Crippen LogP contribution is -2.33. The fourth-order valence-electron chi connectivity index (χ4n) is 3.68. The number of aromatic nitrogens is 1. The maximum atomic E-state index is 2.43. The molecule has 1 aliphatic rings. The molecule has 3 heteroatoms. The highest BCUT2D eigenvalue weighted by Crippen LogP contribution is 2.28. The number of aryl methyl sites for hydroxylation is 4. The second kappa shape index (κ2) is 6.64. The second-order valence-electron chi connectivity index (χ2n) is 6.83. The summed E-state index contributed by atoms with van der Waals surface area (Å²) in [6, 6.07) is 13.4. The Morgan fingerprint density at radius 1 is 1.16 bits per heavy atom. The molecule has 2 aromatic carbocycles. The molecule has 0 unspecified atom stereocenters. The topological polar surface area (TPSA) is 7.12 Å². The van der Waals surface area contributed by atoms with E-state index in [1.54, 1.807) is 0 Å². The molecule has 0 N–H and O–H groups in total. The van der Waals surface area contributed by atoms with Gasteiger partial charge < -0.3 is 4.90 Å². The van der Waals surface area contributed by atoms with E-state index in [1.807, 2.05) is 11.3 Å². The number of hydrogen-bond donors (Lipinski definition) is 0. The maximum Gasteiger partial charge on any atom is 0.264 e. The molecule has 3 aromatic rings. The van der Waals surface area contributed by atoms with Crippen LogP contribution >= 0.6 is 11.3 Å². The van der Waals surface area contributed by atoms with Gasteiger partial charge in [-0.15, -0.1) is 0 Å². The highest BCUT2D eigenvalue weighted by molar-refractivity contribution is 7.18. The molecule has 1 aromatic heterocycles. The molecule has 2 heterocycles. The third kappa shape index (κ3) is 2.98. The Kier molecular flexibility index (Phi) is 4.34. The van der Waals surface area contributed by atoms with Gasteiger partial charge in [-0.3, -0.25) is 0 Å². The minimum absolute atomic E-state index is 0.999. The molecule has 0 fully saturated rings. The van der Waals surface area contributed by atoms with Gasteiger partial charge in [-0.25, -0.2) is 0 Å². The summed E-state index contributed by atoms with van der Waals surface area (Å²) in [6.45, 7) is 8.73. The molecule has 1 aliphatic heterocycles. The third-order valence-corrected chi connectivity index (χ3v) is 6.32. The normalized spacial score (nSPS) is 14.4. The van der Waals surface area contributed by atoms with Crippen LogP contribution in [0.25, 0.3) is 16.3 Å². The van der Waals surface area contributed by atoms with Crippen LogP contribution in [0.4, 0.5) is 5.69 Å². The summed E-state index contributed by atoms with van der Waals surface area (Å²) in [5.41, 5.74) is 6.92. The van der Waals surface area contributed by atoms with Crippen molar-refractivity contribution in [1.82, 2.24) is 0 Å². The first-order chi connectivity index (χ1) is 12.2. The van der Waals surface area contributed by atoms with Crippen LogP contribution in [0, 0.1) is 13.8 Å². The Hall–Kier alpha value is -2.13. The molecule has 0 radical (unpaired) electrons. The quantitative estimate of drug-likeness (QED) is 0.586. The number of benzene rings is 2. The molecule has 25 heavy (non-hydrogen) atoms. The van der Waals surface area contributed by atoms with Crippen LogP contribution in [0.1, 0.15) is 35.0 Å². The Bertz CT molecular complexity index is 952. The summed E-state index contributed by atoms with van der Waals surface area (Å²) in [4.78, 5) is 2.40. The van der Waals surface area contributed by atoms with Gasteiger partial charge in [-0.05, 0) is 62.4 Å². The smallest absolute Gasteiger partial charge is 0.264 e. The number of fused-ring (bicyclic) bond motifs is 2. The summed E-state index contributed by atoms with van der Waals surface area (Å²) in [5.74, 6) is 0. The number of thiazole rings is 1. The van der Waals surface area contributed by atoms with E-state index in [0.717, 1.165) is 13.1 Å². The van der Waals surface area contributed by atoms with E-state index in [2.05, 4.69) is 78.9 Å². The van der Waals surface area contributed by atoms with E-state index in [-0.39, 0.29) is 0 Å². The molecule has 4 rings (SSSR count). The van der Waals surface area contributed by atoms with E-state index in [0.29, 0.717) is 0 Å². The minimum atomic E-state index is 0.999. The Labute approximate surface area is 154 Å². The van der Waals surface area contributed by atoms with Crippen molar-refractivity contribution in [2.24, 2.45) is 0 Å². The second-order valence-corrected chi connectivity index (χ2v) is 7.89. The summed E-state index contributed by atoms with van der Waals surface area (Å²) >= 11 is 1.89.